The van der Waals surface area contributed by atoms with Crippen molar-refractivity contribution in [3.63, 3.8) is 0 Å². The minimum absolute atomic E-state index is 0.0557. The zero-order valence-electron chi connectivity index (χ0n) is 21.5. The molecule has 0 heterocycles. The molecule has 2 aromatic rings. The highest BCUT2D eigenvalue weighted by molar-refractivity contribution is 6.02. The number of nitrogens with two attached hydrogens (primary N) is 1. The summed E-state index contributed by atoms with van der Waals surface area (Å²) < 4.78 is 5.01. The normalized spacial score (nSPS) is 13.6. The smallest absolute Gasteiger partial charge is 0.435 e. The fourth-order valence-corrected chi connectivity index (χ4v) is 4.09. The van der Waals surface area contributed by atoms with Crippen molar-refractivity contribution in [2.75, 3.05) is 25.5 Å². The van der Waals surface area contributed by atoms with Gasteiger partial charge in [0.2, 0.25) is 0 Å². The SMILES string of the molecule is CCCCOC(=O)N=C(N)c1ccc(NCC#Cc2cc(C(=O)N(C)C3CCCC3)ccc2C)cc1. The molecule has 0 aromatic heterocycles. The first-order chi connectivity index (χ1) is 17.4. The fourth-order valence-electron chi connectivity index (χ4n) is 4.09. The van der Waals surface area contributed by atoms with Crippen LogP contribution in [0.15, 0.2) is 47.5 Å². The van der Waals surface area contributed by atoms with E-state index in [1.165, 1.54) is 12.8 Å². The van der Waals surface area contributed by atoms with Crippen LogP contribution in [0.5, 0.6) is 0 Å². The van der Waals surface area contributed by atoms with Gasteiger partial charge in [-0.1, -0.05) is 44.1 Å². The van der Waals surface area contributed by atoms with Gasteiger partial charge in [-0.2, -0.15) is 4.99 Å². The van der Waals surface area contributed by atoms with Crippen LogP contribution in [-0.2, 0) is 4.74 Å². The lowest BCUT2D eigenvalue weighted by atomic mass is 10.0. The number of rotatable bonds is 8. The first-order valence-corrected chi connectivity index (χ1v) is 12.6. The monoisotopic (exact) mass is 488 g/mol. The Bertz CT molecular complexity index is 1140. The number of aryl methyl sites for hydroxylation is 1. The van der Waals surface area contributed by atoms with E-state index < -0.39 is 6.09 Å². The van der Waals surface area contributed by atoms with Gasteiger partial charge in [0.05, 0.1) is 13.2 Å². The zero-order valence-corrected chi connectivity index (χ0v) is 21.5. The molecule has 0 bridgehead atoms. The zero-order chi connectivity index (χ0) is 25.9. The maximum absolute atomic E-state index is 12.9. The van der Waals surface area contributed by atoms with Gasteiger partial charge in [-0.25, -0.2) is 4.79 Å². The molecule has 36 heavy (non-hydrogen) atoms. The van der Waals surface area contributed by atoms with E-state index in [9.17, 15) is 9.59 Å². The number of ether oxygens (including phenoxy) is 1. The molecular formula is C29H36N4O3. The number of nitrogens with zero attached hydrogens (tertiary/aromatic N) is 2. The number of benzene rings is 2. The number of unbranched alkanes of at least 4 members (excludes halogenated alkanes) is 1. The van der Waals surface area contributed by atoms with Gasteiger partial charge in [-0.05, 0) is 68.1 Å². The number of carbonyl (C=O) groups excluding carboxylic acids is 2. The Morgan fingerprint density at radius 1 is 1.14 bits per heavy atom. The van der Waals surface area contributed by atoms with E-state index in [0.29, 0.717) is 30.3 Å². The molecule has 0 unspecified atom stereocenters. The maximum atomic E-state index is 12.9. The van der Waals surface area contributed by atoms with Gasteiger partial charge >= 0.3 is 6.09 Å². The number of amides is 2. The highest BCUT2D eigenvalue weighted by Gasteiger charge is 2.24. The average Bonchev–Trinajstić information content (AvgIpc) is 3.42. The third kappa shape index (κ3) is 7.61. The number of amidine groups is 1. The lowest BCUT2D eigenvalue weighted by Gasteiger charge is -2.24. The van der Waals surface area contributed by atoms with E-state index in [2.05, 4.69) is 22.2 Å². The van der Waals surface area contributed by atoms with E-state index in [1.54, 1.807) is 12.1 Å². The number of nitrogens with one attached hydrogen (secondary N) is 1. The second-order valence-corrected chi connectivity index (χ2v) is 9.08. The Kier molecular flexibility index (Phi) is 9.93. The van der Waals surface area contributed by atoms with Gasteiger partial charge < -0.3 is 20.7 Å². The molecule has 7 heteroatoms. The molecule has 2 aromatic carbocycles. The molecule has 3 N–H and O–H groups in total. The Morgan fingerprint density at radius 2 is 1.83 bits per heavy atom. The summed E-state index contributed by atoms with van der Waals surface area (Å²) >= 11 is 0. The van der Waals surface area contributed by atoms with Crippen molar-refractivity contribution in [3.8, 4) is 11.8 Å². The minimum Gasteiger partial charge on any atom is -0.448 e. The molecule has 2 amide bonds. The number of hydrogen-bond donors (Lipinski definition) is 2. The van der Waals surface area contributed by atoms with Gasteiger partial charge in [0.1, 0.15) is 5.84 Å². The fraction of sp³-hybridized carbons (Fsp3) is 0.414. The van der Waals surface area contributed by atoms with Crippen LogP contribution in [0.2, 0.25) is 0 Å². The van der Waals surface area contributed by atoms with E-state index in [0.717, 1.165) is 42.5 Å². The van der Waals surface area contributed by atoms with Gasteiger partial charge in [-0.15, -0.1) is 0 Å². The molecule has 1 aliphatic rings. The van der Waals surface area contributed by atoms with Crippen LogP contribution in [0.25, 0.3) is 0 Å². The highest BCUT2D eigenvalue weighted by atomic mass is 16.5. The Labute approximate surface area is 214 Å². The average molecular weight is 489 g/mol. The maximum Gasteiger partial charge on any atom is 0.435 e. The summed E-state index contributed by atoms with van der Waals surface area (Å²) in [6.07, 6.45) is 5.61. The molecule has 0 saturated heterocycles. The van der Waals surface area contributed by atoms with Crippen molar-refractivity contribution in [3.05, 3.63) is 64.7 Å². The lowest BCUT2D eigenvalue weighted by molar-refractivity contribution is 0.0735. The first kappa shape index (κ1) is 26.8. The van der Waals surface area contributed by atoms with Gasteiger partial charge in [0.25, 0.3) is 5.91 Å². The van der Waals surface area contributed by atoms with E-state index >= 15 is 0 Å². The van der Waals surface area contributed by atoms with Gasteiger partial charge in [-0.3, -0.25) is 4.79 Å². The first-order valence-electron chi connectivity index (χ1n) is 12.6. The molecular weight excluding hydrogens is 452 g/mol. The van der Waals surface area contributed by atoms with E-state index in [4.69, 9.17) is 10.5 Å². The predicted molar refractivity (Wildman–Crippen MR) is 144 cm³/mol. The summed E-state index contributed by atoms with van der Waals surface area (Å²) in [4.78, 5) is 30.3. The summed E-state index contributed by atoms with van der Waals surface area (Å²) in [5.74, 6) is 6.49. The van der Waals surface area contributed by atoms with E-state index in [1.807, 2.05) is 56.1 Å². The second-order valence-electron chi connectivity index (χ2n) is 9.08. The van der Waals surface area contributed by atoms with Crippen molar-refractivity contribution >= 4 is 23.5 Å². The van der Waals surface area contributed by atoms with Gasteiger partial charge in [0, 0.05) is 35.5 Å². The molecule has 1 fully saturated rings. The van der Waals surface area contributed by atoms with Crippen LogP contribution >= 0.6 is 0 Å². The molecule has 7 nitrogen and oxygen atoms in total. The summed E-state index contributed by atoms with van der Waals surface area (Å²) in [5, 5.41) is 3.25. The largest absolute Gasteiger partial charge is 0.448 e. The third-order valence-corrected chi connectivity index (χ3v) is 6.40. The molecule has 1 saturated carbocycles. The number of carbonyl (C=O) groups is 2. The molecule has 190 valence electrons. The number of hydrogen-bond acceptors (Lipinski definition) is 4. The Hall–Kier alpha value is -3.79. The summed E-state index contributed by atoms with van der Waals surface area (Å²) in [5.41, 5.74) is 9.99. The molecule has 0 atom stereocenters. The van der Waals surface area contributed by atoms with Crippen LogP contribution in [0.4, 0.5) is 10.5 Å². The molecule has 0 spiro atoms. The molecule has 1 aliphatic carbocycles. The summed E-state index contributed by atoms with van der Waals surface area (Å²) in [6.45, 7) is 4.79. The quantitative estimate of drug-likeness (QED) is 0.233. The van der Waals surface area contributed by atoms with Crippen LogP contribution in [0.1, 0.15) is 72.5 Å². The van der Waals surface area contributed by atoms with Crippen molar-refractivity contribution < 1.29 is 14.3 Å². The molecule has 3 rings (SSSR count). The van der Waals surface area contributed by atoms with Crippen molar-refractivity contribution in [2.24, 2.45) is 10.7 Å². The number of aliphatic imine (C=N–C) groups is 1. The third-order valence-electron chi connectivity index (χ3n) is 6.40. The van der Waals surface area contributed by atoms with Crippen molar-refractivity contribution in [1.82, 2.24) is 4.90 Å². The van der Waals surface area contributed by atoms with E-state index in [-0.39, 0.29) is 11.7 Å². The Balaban J connectivity index is 1.56. The van der Waals surface area contributed by atoms with Crippen LogP contribution in [-0.4, -0.2) is 49.0 Å². The lowest BCUT2D eigenvalue weighted by Crippen LogP contribution is -2.35. The van der Waals surface area contributed by atoms with Crippen LogP contribution in [0.3, 0.4) is 0 Å². The van der Waals surface area contributed by atoms with Crippen molar-refractivity contribution in [2.45, 2.75) is 58.4 Å². The molecule has 0 radical (unpaired) electrons. The Morgan fingerprint density at radius 3 is 2.53 bits per heavy atom. The summed E-state index contributed by atoms with van der Waals surface area (Å²) in [6, 6.07) is 13.3. The predicted octanol–water partition coefficient (Wildman–Crippen LogP) is 5.12. The number of anilines is 1. The van der Waals surface area contributed by atoms with Crippen molar-refractivity contribution in [1.29, 1.82) is 0 Å². The van der Waals surface area contributed by atoms with Crippen LogP contribution in [0, 0.1) is 18.8 Å². The topological polar surface area (TPSA) is 97.0 Å². The molecule has 0 aliphatic heterocycles. The van der Waals surface area contributed by atoms with Crippen LogP contribution < -0.4 is 11.1 Å². The standard InChI is InChI=1S/C29H36N4O3/c1-4-5-19-36-29(35)32-27(30)22-14-16-25(17-15-22)31-18-8-9-23-20-24(13-12-21(23)2)28(34)33(3)26-10-6-7-11-26/h12-17,20,26,31H,4-7,10-11,18-19H2,1-3H3,(H2,30,32,35). The summed E-state index contributed by atoms with van der Waals surface area (Å²) in [7, 11) is 1.90. The minimum atomic E-state index is -0.676. The second kappa shape index (κ2) is 13.3. The van der Waals surface area contributed by atoms with Gasteiger partial charge in [0.15, 0.2) is 0 Å². The highest BCUT2D eigenvalue weighted by Crippen LogP contribution is 2.24.